The molecular weight excluding hydrogens is 486 g/mol. The van der Waals surface area contributed by atoms with Crippen LogP contribution in [-0.2, 0) is 25.4 Å². The van der Waals surface area contributed by atoms with Gasteiger partial charge in [-0.2, -0.15) is 0 Å². The first-order chi connectivity index (χ1) is 17.0. The average Bonchev–Trinajstić information content (AvgIpc) is 3.53. The van der Waals surface area contributed by atoms with Gasteiger partial charge in [0, 0.05) is 45.8 Å². The van der Waals surface area contributed by atoms with Crippen molar-refractivity contribution in [3.63, 3.8) is 0 Å². The van der Waals surface area contributed by atoms with Gasteiger partial charge < -0.3 is 19.1 Å². The van der Waals surface area contributed by atoms with Crippen LogP contribution in [0.25, 0.3) is 10.1 Å². The quantitative estimate of drug-likeness (QED) is 0.409. The molecule has 0 bridgehead atoms. The first-order valence-electron chi connectivity index (χ1n) is 11.9. The maximum absolute atomic E-state index is 14.2. The van der Waals surface area contributed by atoms with E-state index in [1.807, 2.05) is 41.8 Å². The predicted octanol–water partition coefficient (Wildman–Crippen LogP) is 5.47. The fourth-order valence-corrected chi connectivity index (χ4v) is 6.29. The number of hydrogen-bond donors (Lipinski definition) is 0. The van der Waals surface area contributed by atoms with E-state index in [4.69, 9.17) is 25.8 Å². The minimum absolute atomic E-state index is 0.143. The van der Waals surface area contributed by atoms with E-state index in [-0.39, 0.29) is 11.9 Å². The number of hydrogen-bond acceptors (Lipinski definition) is 6. The smallest absolute Gasteiger partial charge is 0.328 e. The van der Waals surface area contributed by atoms with E-state index in [0.717, 1.165) is 15.6 Å². The molecule has 1 amide bonds. The van der Waals surface area contributed by atoms with Gasteiger partial charge >= 0.3 is 5.97 Å². The predicted molar refractivity (Wildman–Crippen MR) is 136 cm³/mol. The van der Waals surface area contributed by atoms with Crippen molar-refractivity contribution < 1.29 is 23.8 Å². The zero-order valence-corrected chi connectivity index (χ0v) is 21.1. The highest BCUT2D eigenvalue weighted by Gasteiger charge is 2.45. The van der Waals surface area contributed by atoms with Crippen molar-refractivity contribution in [2.24, 2.45) is 0 Å². The zero-order valence-electron chi connectivity index (χ0n) is 19.6. The van der Waals surface area contributed by atoms with Crippen molar-refractivity contribution >= 4 is 44.9 Å². The van der Waals surface area contributed by atoms with Crippen LogP contribution < -0.4 is 0 Å². The number of amides is 1. The molecule has 3 aromatic rings. The van der Waals surface area contributed by atoms with E-state index in [0.29, 0.717) is 55.9 Å². The highest BCUT2D eigenvalue weighted by Crippen LogP contribution is 2.39. The fourth-order valence-electron chi connectivity index (χ4n) is 5.23. The van der Waals surface area contributed by atoms with Gasteiger partial charge in [-0.15, -0.1) is 11.3 Å². The molecule has 1 unspecified atom stereocenters. The van der Waals surface area contributed by atoms with Crippen LogP contribution in [0.3, 0.4) is 0 Å². The Bertz CT molecular complexity index is 1190. The number of rotatable bonds is 6. The van der Waals surface area contributed by atoms with Crippen LogP contribution in [0.4, 0.5) is 0 Å². The van der Waals surface area contributed by atoms with E-state index < -0.39 is 17.8 Å². The van der Waals surface area contributed by atoms with E-state index in [9.17, 15) is 9.59 Å². The fraction of sp³-hybridized carbons (Fsp3) is 0.407. The second kappa shape index (κ2) is 10.3. The molecule has 0 radical (unpaired) electrons. The van der Waals surface area contributed by atoms with E-state index in [1.54, 1.807) is 17.0 Å². The van der Waals surface area contributed by atoms with Crippen molar-refractivity contribution in [1.29, 1.82) is 0 Å². The zero-order chi connectivity index (χ0) is 24.4. The van der Waals surface area contributed by atoms with Crippen molar-refractivity contribution in [1.82, 2.24) is 4.90 Å². The summed E-state index contributed by atoms with van der Waals surface area (Å²) < 4.78 is 18.1. The summed E-state index contributed by atoms with van der Waals surface area (Å²) in [5.74, 6) is -1.14. The van der Waals surface area contributed by atoms with Crippen LogP contribution in [0.15, 0.2) is 53.9 Å². The van der Waals surface area contributed by atoms with Gasteiger partial charge in [-0.1, -0.05) is 41.9 Å². The maximum atomic E-state index is 14.2. The lowest BCUT2D eigenvalue weighted by atomic mass is 9.87. The van der Waals surface area contributed by atoms with Gasteiger partial charge in [-0.3, -0.25) is 4.79 Å². The number of carbonyl (C=O) groups excluding carboxylic acids is 2. The molecule has 1 saturated heterocycles. The Morgan fingerprint density at radius 3 is 2.49 bits per heavy atom. The van der Waals surface area contributed by atoms with Crippen molar-refractivity contribution in [2.75, 3.05) is 20.3 Å². The average molecular weight is 514 g/mol. The first kappa shape index (κ1) is 24.3. The van der Waals surface area contributed by atoms with Crippen molar-refractivity contribution in [3.05, 3.63) is 70.1 Å². The molecule has 2 aromatic carbocycles. The molecule has 2 heterocycles. The number of benzene rings is 2. The van der Waals surface area contributed by atoms with Gasteiger partial charge in [0.2, 0.25) is 0 Å². The number of ether oxygens (including phenoxy) is 3. The molecule has 1 aromatic heterocycles. The summed E-state index contributed by atoms with van der Waals surface area (Å²) in [7, 11) is 1.37. The number of nitrogens with zero attached hydrogens (tertiary/aromatic N) is 1. The molecular formula is C27H28ClNO5S. The third-order valence-electron chi connectivity index (χ3n) is 7.02. The molecule has 2 aliphatic rings. The number of esters is 1. The molecule has 1 aliphatic heterocycles. The van der Waals surface area contributed by atoms with E-state index >= 15 is 0 Å². The minimum atomic E-state index is -0.767. The van der Waals surface area contributed by atoms with Crippen molar-refractivity contribution in [2.45, 2.75) is 50.0 Å². The molecule has 1 saturated carbocycles. The Labute approximate surface area is 213 Å². The van der Waals surface area contributed by atoms with E-state index in [2.05, 4.69) is 0 Å². The Morgan fingerprint density at radius 2 is 1.80 bits per heavy atom. The largest absolute Gasteiger partial charge is 0.467 e. The molecule has 6 nitrogen and oxygen atoms in total. The van der Waals surface area contributed by atoms with Gasteiger partial charge in [0.25, 0.3) is 5.91 Å². The van der Waals surface area contributed by atoms with E-state index in [1.165, 1.54) is 18.4 Å². The maximum Gasteiger partial charge on any atom is 0.328 e. The molecule has 1 aliphatic carbocycles. The second-order valence-corrected chi connectivity index (χ2v) is 10.4. The number of thiophene rings is 1. The molecule has 8 heteroatoms. The highest BCUT2D eigenvalue weighted by atomic mass is 35.5. The van der Waals surface area contributed by atoms with Crippen LogP contribution in [-0.4, -0.2) is 55.0 Å². The van der Waals surface area contributed by atoms with Gasteiger partial charge in [0.05, 0.1) is 25.9 Å². The molecule has 1 spiro atoms. The lowest BCUT2D eigenvalue weighted by Crippen LogP contribution is -2.54. The van der Waals surface area contributed by atoms with Crippen LogP contribution in [0.5, 0.6) is 0 Å². The lowest BCUT2D eigenvalue weighted by Gasteiger charge is -2.43. The summed E-state index contributed by atoms with van der Waals surface area (Å²) in [5, 5.41) is 3.41. The van der Waals surface area contributed by atoms with Crippen LogP contribution >= 0.6 is 22.9 Å². The van der Waals surface area contributed by atoms with Gasteiger partial charge in [0.1, 0.15) is 6.04 Å². The summed E-state index contributed by atoms with van der Waals surface area (Å²) in [6.07, 6.45) is 3.07. The second-order valence-electron chi connectivity index (χ2n) is 9.07. The Morgan fingerprint density at radius 1 is 1.11 bits per heavy atom. The third-order valence-corrected chi connectivity index (χ3v) is 8.24. The summed E-state index contributed by atoms with van der Waals surface area (Å²) >= 11 is 7.61. The SMILES string of the molecule is COC(=O)C(Cc1ccc(Cl)cc1)N(C(=O)c1csc2ccccc12)C1CCC2(CC1)OCCO2. The Kier molecular flexibility index (Phi) is 7.12. The Balaban J connectivity index is 1.51. The van der Waals surface area contributed by atoms with Gasteiger partial charge in [-0.05, 0) is 36.6 Å². The molecule has 35 heavy (non-hydrogen) atoms. The summed E-state index contributed by atoms with van der Waals surface area (Å²) in [6.45, 7) is 1.19. The molecule has 184 valence electrons. The first-order valence-corrected chi connectivity index (χ1v) is 13.1. The van der Waals surface area contributed by atoms with Crippen LogP contribution in [0.1, 0.15) is 41.6 Å². The summed E-state index contributed by atoms with van der Waals surface area (Å²) in [5.41, 5.74) is 1.52. The van der Waals surface area contributed by atoms with Gasteiger partial charge in [-0.25, -0.2) is 4.79 Å². The molecule has 5 rings (SSSR count). The highest BCUT2D eigenvalue weighted by molar-refractivity contribution is 7.17. The normalized spacial score (nSPS) is 18.6. The van der Waals surface area contributed by atoms with Crippen LogP contribution in [0, 0.1) is 0 Å². The number of fused-ring (bicyclic) bond motifs is 1. The van der Waals surface area contributed by atoms with Gasteiger partial charge in [0.15, 0.2) is 5.79 Å². The minimum Gasteiger partial charge on any atom is -0.467 e. The Hall–Kier alpha value is -2.45. The molecule has 2 fully saturated rings. The lowest BCUT2D eigenvalue weighted by molar-refractivity contribution is -0.184. The van der Waals surface area contributed by atoms with Crippen molar-refractivity contribution in [3.8, 4) is 0 Å². The summed E-state index contributed by atoms with van der Waals surface area (Å²) in [4.78, 5) is 29.1. The molecule has 0 N–H and O–H groups in total. The summed E-state index contributed by atoms with van der Waals surface area (Å²) in [6, 6.07) is 14.3. The number of carbonyl (C=O) groups is 2. The topological polar surface area (TPSA) is 65.1 Å². The molecule has 1 atom stereocenters. The third kappa shape index (κ3) is 4.96. The van der Waals surface area contributed by atoms with Crippen LogP contribution in [0.2, 0.25) is 5.02 Å². The number of methoxy groups -OCH3 is 1. The standard InChI is InChI=1S/C27H28ClNO5S/c1-32-26(31)23(16-18-6-8-19(28)9-7-18)29(20-10-12-27(13-11-20)33-14-15-34-27)25(30)22-17-35-24-5-3-2-4-21(22)24/h2-9,17,20,23H,10-16H2,1H3. The monoisotopic (exact) mass is 513 g/mol. The number of halogens is 1.